The van der Waals surface area contributed by atoms with Crippen LogP contribution in [0.4, 0.5) is 0 Å². The second-order valence-corrected chi connectivity index (χ2v) is 7.93. The molecule has 1 aromatic carbocycles. The molecule has 0 bridgehead atoms. The lowest BCUT2D eigenvalue weighted by Crippen LogP contribution is -2.21. The Balaban J connectivity index is 1.72. The highest BCUT2D eigenvalue weighted by Crippen LogP contribution is 2.30. The van der Waals surface area contributed by atoms with Gasteiger partial charge in [0.05, 0.1) is 29.6 Å². The van der Waals surface area contributed by atoms with Crippen molar-refractivity contribution >= 4 is 11.0 Å². The van der Waals surface area contributed by atoms with Gasteiger partial charge >= 0.3 is 0 Å². The van der Waals surface area contributed by atoms with Crippen LogP contribution in [0.2, 0.25) is 0 Å². The number of aryl methyl sites for hydroxylation is 1. The van der Waals surface area contributed by atoms with Crippen molar-refractivity contribution in [2.24, 2.45) is 0 Å². The summed E-state index contributed by atoms with van der Waals surface area (Å²) in [6.07, 6.45) is 5.61. The predicted octanol–water partition coefficient (Wildman–Crippen LogP) is 3.62. The summed E-state index contributed by atoms with van der Waals surface area (Å²) >= 11 is 0. The standard InChI is InChI=1S/C23H24N4O3/c1-15-12-17(8-10-24-15)27-13-19(20-21(27)25-14-26-22(20)28)16-4-6-18(7-5-16)30-11-9-23(2,3)29/h4-8,10,12-14,29H,9,11H2,1-3H3,(H,25,26,28). The van der Waals surface area contributed by atoms with Crippen molar-refractivity contribution < 1.29 is 9.84 Å². The number of pyridine rings is 1. The summed E-state index contributed by atoms with van der Waals surface area (Å²) in [5.41, 5.74) is 3.09. The molecule has 0 saturated carbocycles. The molecule has 154 valence electrons. The molecule has 0 fully saturated rings. The third kappa shape index (κ3) is 4.11. The first-order chi connectivity index (χ1) is 14.3. The Bertz CT molecular complexity index is 1230. The summed E-state index contributed by atoms with van der Waals surface area (Å²) in [5.74, 6) is 0.712. The molecule has 0 aliphatic rings. The van der Waals surface area contributed by atoms with E-state index in [9.17, 15) is 9.90 Å². The van der Waals surface area contributed by atoms with Gasteiger partial charge in [-0.2, -0.15) is 0 Å². The first-order valence-electron chi connectivity index (χ1n) is 9.79. The zero-order valence-electron chi connectivity index (χ0n) is 17.2. The predicted molar refractivity (Wildman–Crippen MR) is 116 cm³/mol. The topological polar surface area (TPSA) is 93.0 Å². The Kier molecular flexibility index (Phi) is 5.13. The Morgan fingerprint density at radius 1 is 1.17 bits per heavy atom. The van der Waals surface area contributed by atoms with Gasteiger partial charge in [-0.3, -0.25) is 9.78 Å². The first-order valence-corrected chi connectivity index (χ1v) is 9.79. The van der Waals surface area contributed by atoms with E-state index in [1.54, 1.807) is 20.0 Å². The van der Waals surface area contributed by atoms with Gasteiger partial charge in [-0.1, -0.05) is 12.1 Å². The van der Waals surface area contributed by atoms with Crippen molar-refractivity contribution in [2.45, 2.75) is 32.8 Å². The van der Waals surface area contributed by atoms with Crippen LogP contribution in [0, 0.1) is 6.92 Å². The molecule has 3 heterocycles. The third-order valence-electron chi connectivity index (χ3n) is 4.90. The normalized spacial score (nSPS) is 11.7. The van der Waals surface area contributed by atoms with Crippen LogP contribution >= 0.6 is 0 Å². The van der Waals surface area contributed by atoms with Crippen molar-refractivity contribution in [2.75, 3.05) is 6.61 Å². The number of aromatic amines is 1. The molecule has 0 aliphatic heterocycles. The van der Waals surface area contributed by atoms with Crippen LogP contribution in [0.25, 0.3) is 27.8 Å². The maximum Gasteiger partial charge on any atom is 0.260 e. The van der Waals surface area contributed by atoms with Gasteiger partial charge in [0.15, 0.2) is 5.65 Å². The summed E-state index contributed by atoms with van der Waals surface area (Å²) in [6, 6.07) is 11.4. The average molecular weight is 404 g/mol. The Hall–Kier alpha value is -3.45. The SMILES string of the molecule is Cc1cc(-n2cc(-c3ccc(OCCC(C)(C)O)cc3)c3c(=O)[nH]cnc32)ccn1. The maximum absolute atomic E-state index is 12.6. The summed E-state index contributed by atoms with van der Waals surface area (Å²) in [4.78, 5) is 24.0. The number of benzene rings is 1. The Morgan fingerprint density at radius 3 is 2.63 bits per heavy atom. The largest absolute Gasteiger partial charge is 0.493 e. The maximum atomic E-state index is 12.6. The number of aromatic nitrogens is 4. The van der Waals surface area contributed by atoms with Gasteiger partial charge in [0, 0.05) is 30.1 Å². The molecule has 4 rings (SSSR count). The molecule has 3 aromatic heterocycles. The quantitative estimate of drug-likeness (QED) is 0.512. The van der Waals surface area contributed by atoms with Gasteiger partial charge in [0.1, 0.15) is 5.75 Å². The first kappa shape index (κ1) is 19.8. The van der Waals surface area contributed by atoms with Crippen LogP contribution in [0.1, 0.15) is 26.0 Å². The number of hydrogen-bond donors (Lipinski definition) is 2. The van der Waals surface area contributed by atoms with E-state index in [2.05, 4.69) is 15.0 Å². The number of rotatable bonds is 6. The number of nitrogens with one attached hydrogen (secondary N) is 1. The molecule has 0 unspecified atom stereocenters. The van der Waals surface area contributed by atoms with Gasteiger partial charge in [0.25, 0.3) is 5.56 Å². The van der Waals surface area contributed by atoms with Crippen LogP contribution in [-0.2, 0) is 0 Å². The van der Waals surface area contributed by atoms with Crippen molar-refractivity contribution in [1.29, 1.82) is 0 Å². The minimum Gasteiger partial charge on any atom is -0.493 e. The molecular formula is C23H24N4O3. The van der Waals surface area contributed by atoms with Gasteiger partial charge < -0.3 is 19.4 Å². The lowest BCUT2D eigenvalue weighted by atomic mass is 10.1. The fourth-order valence-electron chi connectivity index (χ4n) is 3.32. The second kappa shape index (κ2) is 7.76. The monoisotopic (exact) mass is 404 g/mol. The molecule has 7 heteroatoms. The van der Waals surface area contributed by atoms with Crippen molar-refractivity contribution in [3.63, 3.8) is 0 Å². The molecule has 7 nitrogen and oxygen atoms in total. The lowest BCUT2D eigenvalue weighted by molar-refractivity contribution is 0.0553. The number of nitrogens with zero attached hydrogens (tertiary/aromatic N) is 3. The van der Waals surface area contributed by atoms with E-state index < -0.39 is 5.60 Å². The number of aliphatic hydroxyl groups is 1. The van der Waals surface area contributed by atoms with Crippen molar-refractivity contribution in [3.8, 4) is 22.6 Å². The molecule has 2 N–H and O–H groups in total. The molecule has 0 atom stereocenters. The van der Waals surface area contributed by atoms with E-state index in [-0.39, 0.29) is 5.56 Å². The Labute approximate surface area is 174 Å². The molecule has 0 radical (unpaired) electrons. The molecule has 0 saturated heterocycles. The summed E-state index contributed by atoms with van der Waals surface area (Å²) in [5, 5.41) is 10.3. The highest BCUT2D eigenvalue weighted by molar-refractivity contribution is 5.94. The fraction of sp³-hybridized carbons (Fsp3) is 0.261. The molecular weight excluding hydrogens is 380 g/mol. The van der Waals surface area contributed by atoms with Crippen LogP contribution < -0.4 is 10.3 Å². The highest BCUT2D eigenvalue weighted by atomic mass is 16.5. The lowest BCUT2D eigenvalue weighted by Gasteiger charge is -2.17. The van der Waals surface area contributed by atoms with Crippen LogP contribution in [0.15, 0.2) is 59.9 Å². The number of H-pyrrole nitrogens is 1. The number of ether oxygens (including phenoxy) is 1. The average Bonchev–Trinajstić information content (AvgIpc) is 3.09. The molecule has 0 aliphatic carbocycles. The minimum absolute atomic E-state index is 0.190. The van der Waals surface area contributed by atoms with Gasteiger partial charge in [0.2, 0.25) is 0 Å². The molecule has 4 aromatic rings. The van der Waals surface area contributed by atoms with E-state index >= 15 is 0 Å². The van der Waals surface area contributed by atoms with Gasteiger partial charge in [-0.15, -0.1) is 0 Å². The fourth-order valence-corrected chi connectivity index (χ4v) is 3.32. The summed E-state index contributed by atoms with van der Waals surface area (Å²) in [6.45, 7) is 5.86. The van der Waals surface area contributed by atoms with Crippen LogP contribution in [0.5, 0.6) is 5.75 Å². The van der Waals surface area contributed by atoms with Crippen LogP contribution in [-0.4, -0.2) is 36.8 Å². The van der Waals surface area contributed by atoms with E-state index in [0.29, 0.717) is 29.8 Å². The number of hydrogen-bond acceptors (Lipinski definition) is 5. The zero-order valence-corrected chi connectivity index (χ0v) is 17.2. The zero-order chi connectivity index (χ0) is 21.3. The van der Waals surface area contributed by atoms with Crippen LogP contribution in [0.3, 0.4) is 0 Å². The van der Waals surface area contributed by atoms with E-state index in [4.69, 9.17) is 4.74 Å². The smallest absolute Gasteiger partial charge is 0.260 e. The summed E-state index contributed by atoms with van der Waals surface area (Å²) < 4.78 is 7.62. The highest BCUT2D eigenvalue weighted by Gasteiger charge is 2.16. The van der Waals surface area contributed by atoms with Crippen molar-refractivity contribution in [1.82, 2.24) is 19.5 Å². The van der Waals surface area contributed by atoms with E-state index in [0.717, 1.165) is 22.5 Å². The van der Waals surface area contributed by atoms with E-state index in [1.165, 1.54) is 6.33 Å². The van der Waals surface area contributed by atoms with E-state index in [1.807, 2.05) is 54.1 Å². The second-order valence-electron chi connectivity index (χ2n) is 7.93. The minimum atomic E-state index is -0.763. The van der Waals surface area contributed by atoms with Gasteiger partial charge in [-0.05, 0) is 50.6 Å². The van der Waals surface area contributed by atoms with Gasteiger partial charge in [-0.25, -0.2) is 4.98 Å². The third-order valence-corrected chi connectivity index (χ3v) is 4.90. The summed E-state index contributed by atoms with van der Waals surface area (Å²) in [7, 11) is 0. The molecule has 0 spiro atoms. The Morgan fingerprint density at radius 2 is 1.93 bits per heavy atom. The molecule has 30 heavy (non-hydrogen) atoms. The number of fused-ring (bicyclic) bond motifs is 1. The van der Waals surface area contributed by atoms with Crippen molar-refractivity contribution in [3.05, 3.63) is 71.2 Å². The molecule has 0 amide bonds.